The minimum absolute atomic E-state index is 0.257. The molecule has 1 saturated heterocycles. The normalized spacial score (nSPS) is 21.6. The van der Waals surface area contributed by atoms with Crippen LogP contribution >= 0.6 is 11.6 Å². The molecule has 1 fully saturated rings. The fourth-order valence-electron chi connectivity index (χ4n) is 3.36. The number of nitrogens with one attached hydrogen (secondary N) is 2. The lowest BCUT2D eigenvalue weighted by atomic mass is 9.95. The number of hydrogen-bond donors (Lipinski definition) is 2. The Morgan fingerprint density at radius 3 is 2.63 bits per heavy atom. The Labute approximate surface area is 164 Å². The summed E-state index contributed by atoms with van der Waals surface area (Å²) in [4.78, 5) is 29.6. The van der Waals surface area contributed by atoms with Gasteiger partial charge in [0.2, 0.25) is 0 Å². The Morgan fingerprint density at radius 2 is 1.96 bits per heavy atom. The van der Waals surface area contributed by atoms with Crippen LogP contribution in [-0.4, -0.2) is 68.2 Å². The number of rotatable bonds is 5. The average molecular weight is 393 g/mol. The summed E-state index contributed by atoms with van der Waals surface area (Å²) in [6, 6.07) is 6.21. The smallest absolute Gasteiger partial charge is 0.338 e. The van der Waals surface area contributed by atoms with Crippen LogP contribution in [0.4, 0.5) is 4.79 Å². The number of urea groups is 1. The van der Waals surface area contributed by atoms with Crippen molar-refractivity contribution in [3.63, 3.8) is 0 Å². The van der Waals surface area contributed by atoms with E-state index in [4.69, 9.17) is 16.3 Å². The predicted molar refractivity (Wildman–Crippen MR) is 103 cm³/mol. The molecule has 0 aliphatic carbocycles. The van der Waals surface area contributed by atoms with Crippen LogP contribution < -0.4 is 10.6 Å². The second-order valence-corrected chi connectivity index (χ2v) is 7.15. The lowest BCUT2D eigenvalue weighted by molar-refractivity contribution is -0.139. The molecule has 0 saturated carbocycles. The monoisotopic (exact) mass is 392 g/mol. The van der Waals surface area contributed by atoms with Crippen LogP contribution in [0, 0.1) is 0 Å². The van der Waals surface area contributed by atoms with Crippen molar-refractivity contribution in [3.8, 4) is 0 Å². The van der Waals surface area contributed by atoms with Gasteiger partial charge in [0.1, 0.15) is 0 Å². The van der Waals surface area contributed by atoms with Gasteiger partial charge in [-0.05, 0) is 25.6 Å². The van der Waals surface area contributed by atoms with E-state index in [1.54, 1.807) is 13.0 Å². The number of hydrogen-bond acceptors (Lipinski definition) is 5. The van der Waals surface area contributed by atoms with Crippen molar-refractivity contribution < 1.29 is 14.3 Å². The standard InChI is InChI=1S/C19H25ClN4O3/c1-3-27-18(25)16-15(12-24-10-8-23(2)9-11-24)21-19(26)22-17(16)13-6-4-5-7-14(13)20/h4-7,17H,3,8-12H2,1-2H3,(H2,21,22,26)/t17-/m0/s1. The SMILES string of the molecule is CCOC(=O)C1=C(CN2CCN(C)CC2)NC(=O)N[C@H]1c1ccccc1Cl. The average Bonchev–Trinajstić information content (AvgIpc) is 2.63. The summed E-state index contributed by atoms with van der Waals surface area (Å²) in [5.74, 6) is -0.445. The Hall–Kier alpha value is -2.09. The van der Waals surface area contributed by atoms with Gasteiger partial charge in [-0.3, -0.25) is 4.90 Å². The van der Waals surface area contributed by atoms with E-state index in [-0.39, 0.29) is 12.6 Å². The van der Waals surface area contributed by atoms with Crippen molar-refractivity contribution in [2.75, 3.05) is 46.4 Å². The van der Waals surface area contributed by atoms with E-state index in [9.17, 15) is 9.59 Å². The largest absolute Gasteiger partial charge is 0.463 e. The molecular weight excluding hydrogens is 368 g/mol. The second-order valence-electron chi connectivity index (χ2n) is 6.75. The summed E-state index contributed by atoms with van der Waals surface area (Å²) in [7, 11) is 2.08. The summed E-state index contributed by atoms with van der Waals surface area (Å²) in [6.07, 6.45) is 0. The molecule has 2 heterocycles. The summed E-state index contributed by atoms with van der Waals surface area (Å²) in [5, 5.41) is 6.12. The Kier molecular flexibility index (Phi) is 6.36. The van der Waals surface area contributed by atoms with E-state index < -0.39 is 12.0 Å². The molecule has 2 aliphatic rings. The van der Waals surface area contributed by atoms with Gasteiger partial charge >= 0.3 is 12.0 Å². The summed E-state index contributed by atoms with van der Waals surface area (Å²) in [6.45, 7) is 6.14. The predicted octanol–water partition coefficient (Wildman–Crippen LogP) is 1.76. The van der Waals surface area contributed by atoms with Gasteiger partial charge in [0.05, 0.1) is 18.2 Å². The minimum atomic E-state index is -0.644. The minimum Gasteiger partial charge on any atom is -0.463 e. The van der Waals surface area contributed by atoms with Crippen LogP contribution in [-0.2, 0) is 9.53 Å². The first kappa shape index (κ1) is 19.7. The number of benzene rings is 1. The van der Waals surface area contributed by atoms with Gasteiger partial charge in [-0.1, -0.05) is 29.8 Å². The zero-order valence-electron chi connectivity index (χ0n) is 15.6. The molecule has 0 aromatic heterocycles. The molecule has 1 aromatic carbocycles. The van der Waals surface area contributed by atoms with Gasteiger partial charge in [-0.25, -0.2) is 9.59 Å². The molecule has 3 rings (SSSR count). The number of esters is 1. The van der Waals surface area contributed by atoms with Crippen LogP contribution in [0.3, 0.4) is 0 Å². The molecule has 27 heavy (non-hydrogen) atoms. The van der Waals surface area contributed by atoms with E-state index in [1.165, 1.54) is 0 Å². The summed E-state index contributed by atoms with van der Waals surface area (Å²) >= 11 is 6.35. The van der Waals surface area contributed by atoms with Crippen LogP contribution in [0.15, 0.2) is 35.5 Å². The molecule has 0 unspecified atom stereocenters. The van der Waals surface area contributed by atoms with E-state index in [2.05, 4.69) is 27.5 Å². The second kappa shape index (κ2) is 8.73. The highest BCUT2D eigenvalue weighted by atomic mass is 35.5. The molecule has 146 valence electrons. The Balaban J connectivity index is 1.97. The number of nitrogens with zero attached hydrogens (tertiary/aromatic N) is 2. The van der Waals surface area contributed by atoms with E-state index in [0.29, 0.717) is 28.4 Å². The molecular formula is C19H25ClN4O3. The van der Waals surface area contributed by atoms with Gasteiger partial charge in [-0.2, -0.15) is 0 Å². The fourth-order valence-corrected chi connectivity index (χ4v) is 3.61. The number of carbonyl (C=O) groups is 2. The van der Waals surface area contributed by atoms with Crippen molar-refractivity contribution in [2.45, 2.75) is 13.0 Å². The highest BCUT2D eigenvalue weighted by Gasteiger charge is 2.35. The molecule has 2 N–H and O–H groups in total. The first-order valence-electron chi connectivity index (χ1n) is 9.12. The van der Waals surface area contributed by atoms with Gasteiger partial charge in [0.25, 0.3) is 0 Å². The number of likely N-dealkylation sites (N-methyl/N-ethyl adjacent to an activating group) is 1. The third-order valence-electron chi connectivity index (χ3n) is 4.84. The Morgan fingerprint density at radius 1 is 1.26 bits per heavy atom. The highest BCUT2D eigenvalue weighted by Crippen LogP contribution is 2.32. The molecule has 0 spiro atoms. The van der Waals surface area contributed by atoms with E-state index in [1.807, 2.05) is 18.2 Å². The first-order valence-corrected chi connectivity index (χ1v) is 9.50. The Bertz CT molecular complexity index is 744. The zero-order valence-corrected chi connectivity index (χ0v) is 16.4. The van der Waals surface area contributed by atoms with Crippen molar-refractivity contribution in [2.24, 2.45) is 0 Å². The topological polar surface area (TPSA) is 73.9 Å². The number of halogens is 1. The molecule has 0 bridgehead atoms. The zero-order chi connectivity index (χ0) is 19.4. The van der Waals surface area contributed by atoms with Crippen molar-refractivity contribution in [3.05, 3.63) is 46.1 Å². The van der Waals surface area contributed by atoms with Gasteiger partial charge < -0.3 is 20.3 Å². The highest BCUT2D eigenvalue weighted by molar-refractivity contribution is 6.31. The van der Waals surface area contributed by atoms with Crippen molar-refractivity contribution in [1.29, 1.82) is 0 Å². The maximum absolute atomic E-state index is 12.8. The summed E-state index contributed by atoms with van der Waals surface area (Å²) < 4.78 is 5.29. The maximum Gasteiger partial charge on any atom is 0.338 e. The van der Waals surface area contributed by atoms with Crippen LogP contribution in [0.1, 0.15) is 18.5 Å². The third-order valence-corrected chi connectivity index (χ3v) is 5.19. The van der Waals surface area contributed by atoms with Crippen LogP contribution in [0.2, 0.25) is 5.02 Å². The molecule has 8 heteroatoms. The third kappa shape index (κ3) is 4.61. The van der Waals surface area contributed by atoms with Crippen LogP contribution in [0.5, 0.6) is 0 Å². The van der Waals surface area contributed by atoms with E-state index in [0.717, 1.165) is 26.2 Å². The first-order chi connectivity index (χ1) is 13.0. The number of piperazine rings is 1. The molecule has 0 radical (unpaired) electrons. The molecule has 1 atom stereocenters. The van der Waals surface area contributed by atoms with Gasteiger partial charge in [-0.15, -0.1) is 0 Å². The van der Waals surface area contributed by atoms with Crippen molar-refractivity contribution in [1.82, 2.24) is 20.4 Å². The van der Waals surface area contributed by atoms with Gasteiger partial charge in [0, 0.05) is 43.4 Å². The fraction of sp³-hybridized carbons (Fsp3) is 0.474. The van der Waals surface area contributed by atoms with Gasteiger partial charge in [0.15, 0.2) is 0 Å². The molecule has 2 amide bonds. The quantitative estimate of drug-likeness (QED) is 0.747. The molecule has 2 aliphatic heterocycles. The molecule has 7 nitrogen and oxygen atoms in total. The summed E-state index contributed by atoms with van der Waals surface area (Å²) in [5.41, 5.74) is 1.66. The molecule has 1 aromatic rings. The number of ether oxygens (including phenoxy) is 1. The van der Waals surface area contributed by atoms with Crippen LogP contribution in [0.25, 0.3) is 0 Å². The van der Waals surface area contributed by atoms with E-state index >= 15 is 0 Å². The maximum atomic E-state index is 12.8. The lowest BCUT2D eigenvalue weighted by Crippen LogP contribution is -2.51. The van der Waals surface area contributed by atoms with Crippen molar-refractivity contribution >= 4 is 23.6 Å². The lowest BCUT2D eigenvalue weighted by Gasteiger charge is -2.35. The number of amides is 2. The number of carbonyl (C=O) groups excluding carboxylic acids is 2.